The second-order valence-corrected chi connectivity index (χ2v) is 6.32. The van der Waals surface area contributed by atoms with Gasteiger partial charge in [-0.1, -0.05) is 11.6 Å². The number of hydrogen-bond acceptors (Lipinski definition) is 1. The molecule has 0 saturated carbocycles. The van der Waals surface area contributed by atoms with E-state index in [4.69, 9.17) is 11.6 Å². The standard InChI is InChI=1S/C18H15ClFN3O/c19-11-1-4-13(5-2-11)21-18(24)23-8-7-17-15(10-23)14-9-12(20)3-6-16(14)22-17/h1-6,9,22H,7-8,10H2,(H,21,24). The Balaban J connectivity index is 1.57. The molecule has 0 fully saturated rings. The van der Waals surface area contributed by atoms with E-state index in [9.17, 15) is 9.18 Å². The van der Waals surface area contributed by atoms with Crippen molar-refractivity contribution < 1.29 is 9.18 Å². The van der Waals surface area contributed by atoms with E-state index in [1.54, 1.807) is 35.2 Å². The van der Waals surface area contributed by atoms with Crippen LogP contribution in [0.3, 0.4) is 0 Å². The van der Waals surface area contributed by atoms with Crippen LogP contribution in [0.25, 0.3) is 10.9 Å². The van der Waals surface area contributed by atoms with E-state index in [0.29, 0.717) is 23.8 Å². The van der Waals surface area contributed by atoms with Gasteiger partial charge in [-0.25, -0.2) is 9.18 Å². The Morgan fingerprint density at radius 2 is 2.00 bits per heavy atom. The second kappa shape index (κ2) is 5.83. The summed E-state index contributed by atoms with van der Waals surface area (Å²) in [5.41, 5.74) is 3.66. The molecular formula is C18H15ClFN3O. The smallest absolute Gasteiger partial charge is 0.322 e. The van der Waals surface area contributed by atoms with Gasteiger partial charge in [-0.05, 0) is 42.5 Å². The highest BCUT2D eigenvalue weighted by Crippen LogP contribution is 2.28. The lowest BCUT2D eigenvalue weighted by atomic mass is 10.0. The third-order valence-corrected chi connectivity index (χ3v) is 4.57. The van der Waals surface area contributed by atoms with Crippen LogP contribution in [0.15, 0.2) is 42.5 Å². The van der Waals surface area contributed by atoms with Gasteiger partial charge in [0.05, 0.1) is 0 Å². The van der Waals surface area contributed by atoms with Gasteiger partial charge in [0.2, 0.25) is 0 Å². The number of benzene rings is 2. The van der Waals surface area contributed by atoms with E-state index < -0.39 is 0 Å². The van der Waals surface area contributed by atoms with Gasteiger partial charge in [0, 0.05) is 52.4 Å². The average molecular weight is 344 g/mol. The van der Waals surface area contributed by atoms with Crippen molar-refractivity contribution in [3.63, 3.8) is 0 Å². The first-order valence-corrected chi connectivity index (χ1v) is 8.08. The molecular weight excluding hydrogens is 329 g/mol. The SMILES string of the molecule is O=C(Nc1ccc(Cl)cc1)N1CCc2[nH]c3ccc(F)cc3c2C1. The third kappa shape index (κ3) is 2.71. The fourth-order valence-electron chi connectivity index (χ4n) is 3.10. The monoisotopic (exact) mass is 343 g/mol. The van der Waals surface area contributed by atoms with E-state index in [-0.39, 0.29) is 11.8 Å². The predicted molar refractivity (Wildman–Crippen MR) is 92.8 cm³/mol. The van der Waals surface area contributed by atoms with E-state index >= 15 is 0 Å². The van der Waals surface area contributed by atoms with E-state index in [1.807, 2.05) is 0 Å². The van der Waals surface area contributed by atoms with E-state index in [0.717, 1.165) is 28.6 Å². The molecule has 0 spiro atoms. The summed E-state index contributed by atoms with van der Waals surface area (Å²) in [6.45, 7) is 1.07. The van der Waals surface area contributed by atoms with E-state index in [2.05, 4.69) is 10.3 Å². The Bertz CT molecular complexity index is 920. The fraction of sp³-hybridized carbons (Fsp3) is 0.167. The van der Waals surface area contributed by atoms with Crippen LogP contribution < -0.4 is 5.32 Å². The molecule has 4 nitrogen and oxygen atoms in total. The Labute approximate surface area is 143 Å². The number of nitrogens with zero attached hydrogens (tertiary/aromatic N) is 1. The van der Waals surface area contributed by atoms with Crippen LogP contribution in [0, 0.1) is 5.82 Å². The zero-order valence-corrected chi connectivity index (χ0v) is 13.5. The van der Waals surface area contributed by atoms with Crippen molar-refractivity contribution in [2.75, 3.05) is 11.9 Å². The van der Waals surface area contributed by atoms with Gasteiger partial charge in [-0.15, -0.1) is 0 Å². The molecule has 2 heterocycles. The van der Waals surface area contributed by atoms with Gasteiger partial charge >= 0.3 is 6.03 Å². The summed E-state index contributed by atoms with van der Waals surface area (Å²) < 4.78 is 13.5. The molecule has 1 aliphatic heterocycles. The van der Waals surface area contributed by atoms with Gasteiger partial charge in [0.15, 0.2) is 0 Å². The summed E-state index contributed by atoms with van der Waals surface area (Å²) in [5, 5.41) is 4.33. The molecule has 122 valence electrons. The molecule has 0 bridgehead atoms. The number of urea groups is 1. The topological polar surface area (TPSA) is 48.1 Å². The molecule has 3 aromatic rings. The number of anilines is 1. The number of carbonyl (C=O) groups is 1. The number of aromatic nitrogens is 1. The number of hydrogen-bond donors (Lipinski definition) is 2. The van der Waals surface area contributed by atoms with Crippen molar-refractivity contribution in [1.29, 1.82) is 0 Å². The number of rotatable bonds is 1. The highest BCUT2D eigenvalue weighted by atomic mass is 35.5. The largest absolute Gasteiger partial charge is 0.358 e. The van der Waals surface area contributed by atoms with Crippen LogP contribution in [0.5, 0.6) is 0 Å². The maximum atomic E-state index is 13.5. The van der Waals surface area contributed by atoms with Crippen molar-refractivity contribution >= 4 is 34.2 Å². The molecule has 0 unspecified atom stereocenters. The number of H-pyrrole nitrogens is 1. The fourth-order valence-corrected chi connectivity index (χ4v) is 3.22. The van der Waals surface area contributed by atoms with Crippen molar-refractivity contribution in [3.8, 4) is 0 Å². The lowest BCUT2D eigenvalue weighted by Gasteiger charge is -2.27. The Kier molecular flexibility index (Phi) is 3.65. The predicted octanol–water partition coefficient (Wildman–Crippen LogP) is 4.55. The number of amides is 2. The van der Waals surface area contributed by atoms with Gasteiger partial charge in [0.25, 0.3) is 0 Å². The van der Waals surface area contributed by atoms with Gasteiger partial charge in [0.1, 0.15) is 5.82 Å². The molecule has 2 amide bonds. The van der Waals surface area contributed by atoms with Crippen molar-refractivity contribution in [1.82, 2.24) is 9.88 Å². The number of aromatic amines is 1. The minimum absolute atomic E-state index is 0.172. The molecule has 0 aliphatic carbocycles. The molecule has 2 N–H and O–H groups in total. The Morgan fingerprint density at radius 3 is 2.79 bits per heavy atom. The van der Waals surface area contributed by atoms with Crippen LogP contribution in [-0.4, -0.2) is 22.5 Å². The van der Waals surface area contributed by atoms with E-state index in [1.165, 1.54) is 12.1 Å². The highest BCUT2D eigenvalue weighted by Gasteiger charge is 2.24. The molecule has 24 heavy (non-hydrogen) atoms. The summed E-state index contributed by atoms with van der Waals surface area (Å²) >= 11 is 5.85. The van der Waals surface area contributed by atoms with Crippen LogP contribution >= 0.6 is 11.6 Å². The lowest BCUT2D eigenvalue weighted by Crippen LogP contribution is -2.38. The lowest BCUT2D eigenvalue weighted by molar-refractivity contribution is 0.206. The first-order valence-electron chi connectivity index (χ1n) is 7.70. The molecule has 4 rings (SSSR count). The van der Waals surface area contributed by atoms with Gasteiger partial charge in [-0.3, -0.25) is 0 Å². The number of halogens is 2. The van der Waals surface area contributed by atoms with Gasteiger partial charge in [-0.2, -0.15) is 0 Å². The van der Waals surface area contributed by atoms with Crippen LogP contribution in [-0.2, 0) is 13.0 Å². The highest BCUT2D eigenvalue weighted by molar-refractivity contribution is 6.30. The van der Waals surface area contributed by atoms with Crippen molar-refractivity contribution in [3.05, 3.63) is 64.6 Å². The van der Waals surface area contributed by atoms with Crippen LogP contribution in [0.1, 0.15) is 11.3 Å². The summed E-state index contributed by atoms with van der Waals surface area (Å²) in [7, 11) is 0. The molecule has 2 aromatic carbocycles. The first kappa shape index (κ1) is 15.0. The Morgan fingerprint density at radius 1 is 1.21 bits per heavy atom. The summed E-state index contributed by atoms with van der Waals surface area (Å²) in [5.74, 6) is -0.271. The summed E-state index contributed by atoms with van der Waals surface area (Å²) in [6.07, 6.45) is 0.722. The van der Waals surface area contributed by atoms with Crippen LogP contribution in [0.4, 0.5) is 14.9 Å². The minimum Gasteiger partial charge on any atom is -0.358 e. The zero-order valence-electron chi connectivity index (χ0n) is 12.8. The first-order chi connectivity index (χ1) is 11.6. The molecule has 0 radical (unpaired) electrons. The number of nitrogens with one attached hydrogen (secondary N) is 2. The second-order valence-electron chi connectivity index (χ2n) is 5.88. The molecule has 0 atom stereocenters. The maximum absolute atomic E-state index is 13.5. The van der Waals surface area contributed by atoms with Gasteiger partial charge < -0.3 is 15.2 Å². The molecule has 1 aromatic heterocycles. The third-order valence-electron chi connectivity index (χ3n) is 4.32. The molecule has 1 aliphatic rings. The number of fused-ring (bicyclic) bond motifs is 3. The zero-order chi connectivity index (χ0) is 16.7. The normalized spacial score (nSPS) is 13.8. The quantitative estimate of drug-likeness (QED) is 0.669. The number of carbonyl (C=O) groups excluding carboxylic acids is 1. The minimum atomic E-state index is -0.271. The molecule has 6 heteroatoms. The maximum Gasteiger partial charge on any atom is 0.322 e. The summed E-state index contributed by atoms with van der Waals surface area (Å²) in [4.78, 5) is 17.5. The summed E-state index contributed by atoms with van der Waals surface area (Å²) in [6, 6.07) is 11.5. The van der Waals surface area contributed by atoms with Crippen molar-refractivity contribution in [2.24, 2.45) is 0 Å². The Hall–Kier alpha value is -2.53. The average Bonchev–Trinajstić information content (AvgIpc) is 2.94. The molecule has 0 saturated heterocycles. The van der Waals surface area contributed by atoms with Crippen molar-refractivity contribution in [2.45, 2.75) is 13.0 Å². The van der Waals surface area contributed by atoms with Crippen LogP contribution in [0.2, 0.25) is 5.02 Å².